The van der Waals surface area contributed by atoms with Crippen LogP contribution in [0.2, 0.25) is 5.02 Å². The Morgan fingerprint density at radius 1 is 1.07 bits per heavy atom. The summed E-state index contributed by atoms with van der Waals surface area (Å²) in [5.74, 6) is -10.6. The number of ketones is 4. The highest BCUT2D eigenvalue weighted by Gasteiger charge is 2.69. The number of nitrogens with two attached hydrogens (primary N) is 1. The lowest BCUT2D eigenvalue weighted by Crippen LogP contribution is -2.74. The minimum Gasteiger partial charge on any atom is -0.507 e. The Hall–Kier alpha value is -3.64. The number of halogens is 1. The van der Waals surface area contributed by atoms with Crippen LogP contribution >= 0.6 is 11.6 Å². The van der Waals surface area contributed by atoms with E-state index in [-0.39, 0.29) is 30.7 Å². The molecule has 0 aromatic heterocycles. The number of benzene rings is 2. The average Bonchev–Trinajstić information content (AvgIpc) is 2.92. The van der Waals surface area contributed by atoms with Gasteiger partial charge in [0.05, 0.1) is 17.5 Å². The number of anilines is 1. The summed E-state index contributed by atoms with van der Waals surface area (Å²) in [5, 5.41) is 27.0. The molecule has 2 unspecified atom stereocenters. The lowest BCUT2D eigenvalue weighted by Gasteiger charge is -2.52. The number of likely N-dealkylation sites (N-methyl/N-ethyl adjacent to an activating group) is 1. The molecule has 1 amide bonds. The molecule has 43 heavy (non-hydrogen) atoms. The first-order valence-electron chi connectivity index (χ1n) is 14.0. The van der Waals surface area contributed by atoms with E-state index in [1.54, 1.807) is 32.3 Å². The molecule has 0 heterocycles. The van der Waals surface area contributed by atoms with Crippen molar-refractivity contribution in [1.82, 2.24) is 10.2 Å². The number of nitrogens with zero attached hydrogens (tertiary/aromatic N) is 2. The van der Waals surface area contributed by atoms with E-state index in [0.717, 1.165) is 5.56 Å². The van der Waals surface area contributed by atoms with E-state index in [4.69, 9.17) is 17.3 Å². The van der Waals surface area contributed by atoms with Gasteiger partial charge in [0.1, 0.15) is 5.75 Å². The molecule has 12 heteroatoms. The number of hydrogen-bond donors (Lipinski definition) is 4. The zero-order valence-corrected chi connectivity index (χ0v) is 25.1. The molecule has 0 radical (unpaired) electrons. The Labute approximate surface area is 254 Å². The molecule has 0 spiro atoms. The molecule has 6 atom stereocenters. The second-order valence-electron chi connectivity index (χ2n) is 12.2. The van der Waals surface area contributed by atoms with Crippen molar-refractivity contribution < 1.29 is 34.2 Å². The molecular formula is C31H35ClN4O7. The van der Waals surface area contributed by atoms with Crippen molar-refractivity contribution in [3.05, 3.63) is 57.6 Å². The van der Waals surface area contributed by atoms with Crippen LogP contribution in [0.4, 0.5) is 5.69 Å². The second kappa shape index (κ2) is 11.1. The monoisotopic (exact) mass is 610 g/mol. The van der Waals surface area contributed by atoms with E-state index in [1.807, 2.05) is 31.1 Å². The van der Waals surface area contributed by atoms with E-state index >= 15 is 0 Å². The summed E-state index contributed by atoms with van der Waals surface area (Å²) in [6.07, 6.45) is 0.202. The van der Waals surface area contributed by atoms with Crippen molar-refractivity contribution in [3.63, 3.8) is 0 Å². The zero-order chi connectivity index (χ0) is 31.5. The second-order valence-corrected chi connectivity index (χ2v) is 12.6. The molecule has 228 valence electrons. The highest BCUT2D eigenvalue weighted by atomic mass is 35.5. The number of rotatable bonds is 7. The van der Waals surface area contributed by atoms with Crippen molar-refractivity contribution >= 4 is 46.3 Å². The van der Waals surface area contributed by atoms with Crippen LogP contribution in [0.1, 0.15) is 33.5 Å². The molecule has 0 saturated heterocycles. The topological polar surface area (TPSA) is 170 Å². The number of aliphatic hydroxyl groups is 1. The lowest BCUT2D eigenvalue weighted by atomic mass is 9.52. The fraction of sp³-hybridized carbons (Fsp3) is 0.452. The first-order valence-corrected chi connectivity index (χ1v) is 14.4. The van der Waals surface area contributed by atoms with Crippen molar-refractivity contribution in [3.8, 4) is 5.75 Å². The van der Waals surface area contributed by atoms with E-state index in [0.29, 0.717) is 28.4 Å². The van der Waals surface area contributed by atoms with Gasteiger partial charge in [-0.05, 0) is 62.2 Å². The van der Waals surface area contributed by atoms with Gasteiger partial charge in [-0.25, -0.2) is 0 Å². The quantitative estimate of drug-likeness (QED) is 0.330. The molecule has 11 nitrogen and oxygen atoms in total. The van der Waals surface area contributed by atoms with Gasteiger partial charge in [0.25, 0.3) is 0 Å². The van der Waals surface area contributed by atoms with E-state index in [1.165, 1.54) is 4.90 Å². The minimum absolute atomic E-state index is 0.00191. The van der Waals surface area contributed by atoms with Crippen molar-refractivity contribution in [2.75, 3.05) is 33.1 Å². The molecule has 2 aromatic carbocycles. The van der Waals surface area contributed by atoms with Crippen molar-refractivity contribution in [1.29, 1.82) is 0 Å². The summed E-state index contributed by atoms with van der Waals surface area (Å²) >= 11 is 5.97. The highest BCUT2D eigenvalue weighted by Crippen LogP contribution is 2.52. The molecule has 2 fully saturated rings. The van der Waals surface area contributed by atoms with Crippen LogP contribution in [0.5, 0.6) is 5.75 Å². The molecule has 3 aliphatic rings. The minimum atomic E-state index is -2.76. The van der Waals surface area contributed by atoms with Gasteiger partial charge in [-0.3, -0.25) is 28.9 Å². The summed E-state index contributed by atoms with van der Waals surface area (Å²) in [6, 6.07) is 7.93. The van der Waals surface area contributed by atoms with Crippen LogP contribution in [0.25, 0.3) is 0 Å². The SMILES string of the molecule is CN(C)c1cc(CNCc2ccc(Cl)cc2)c(O)c2c1C[C@H]1C[C@H]3[C@H](N(C)C)C(=O)C(C(N)=O)C(=O)[C@@]3(O)C(=O)C1C2=O. The number of nitrogens with one attached hydrogen (secondary N) is 1. The molecule has 2 aromatic rings. The fourth-order valence-corrected chi connectivity index (χ4v) is 7.31. The van der Waals surface area contributed by atoms with Crippen molar-refractivity contribution in [2.45, 2.75) is 37.6 Å². The smallest absolute Gasteiger partial charge is 0.235 e. The van der Waals surface area contributed by atoms with Gasteiger partial charge in [0.15, 0.2) is 34.7 Å². The maximum Gasteiger partial charge on any atom is 0.235 e. The maximum absolute atomic E-state index is 14.1. The molecule has 5 N–H and O–H groups in total. The summed E-state index contributed by atoms with van der Waals surface area (Å²) < 4.78 is 0. The van der Waals surface area contributed by atoms with Crippen LogP contribution in [-0.4, -0.2) is 84.0 Å². The first kappa shape index (κ1) is 30.8. The van der Waals surface area contributed by atoms with Gasteiger partial charge < -0.3 is 26.2 Å². The summed E-state index contributed by atoms with van der Waals surface area (Å²) in [6.45, 7) is 0.667. The molecule has 5 rings (SSSR count). The van der Waals surface area contributed by atoms with Crippen LogP contribution in [-0.2, 0) is 38.7 Å². The molecule has 3 aliphatic carbocycles. The summed E-state index contributed by atoms with van der Waals surface area (Å²) in [4.78, 5) is 70.4. The number of carbonyl (C=O) groups excluding carboxylic acids is 5. The summed E-state index contributed by atoms with van der Waals surface area (Å²) in [5.41, 5.74) is 5.24. The number of fused-ring (bicyclic) bond motifs is 3. The molecular weight excluding hydrogens is 576 g/mol. The number of phenolic OH excluding ortho intramolecular Hbond substituents is 1. The predicted molar refractivity (Wildman–Crippen MR) is 158 cm³/mol. The summed E-state index contributed by atoms with van der Waals surface area (Å²) in [7, 11) is 6.73. The van der Waals surface area contributed by atoms with Gasteiger partial charge >= 0.3 is 0 Å². The number of amides is 1. The van der Waals surface area contributed by atoms with Crippen LogP contribution in [0, 0.1) is 23.7 Å². The third kappa shape index (κ3) is 4.84. The molecule has 2 saturated carbocycles. The van der Waals surface area contributed by atoms with Gasteiger partial charge in [-0.1, -0.05) is 23.7 Å². The zero-order valence-electron chi connectivity index (χ0n) is 24.4. The fourth-order valence-electron chi connectivity index (χ4n) is 7.18. The largest absolute Gasteiger partial charge is 0.507 e. The normalized spacial score (nSPS) is 28.4. The van der Waals surface area contributed by atoms with Crippen molar-refractivity contribution in [2.24, 2.45) is 29.4 Å². The number of carbonyl (C=O) groups is 5. The van der Waals surface area contributed by atoms with Crippen LogP contribution in [0.15, 0.2) is 30.3 Å². The van der Waals surface area contributed by atoms with Gasteiger partial charge in [-0.2, -0.15) is 0 Å². The third-order valence-corrected chi connectivity index (χ3v) is 9.41. The standard InChI is InChI=1S/C31H35ClN4O7/c1-35(2)20-11-16(13-34-12-14-5-7-17(32)8-6-14)25(37)22-18(20)9-15-10-19-24(36(3)4)27(39)23(30(33)42)29(41)31(19,43)28(40)21(15)26(22)38/h5-8,11,15,19,21,23-24,34,37,43H,9-10,12-13H2,1-4H3,(H2,33,42)/t15-,19-,21?,23?,24-,31-/m0/s1. The van der Waals surface area contributed by atoms with E-state index < -0.39 is 64.4 Å². The predicted octanol–water partition coefficient (Wildman–Crippen LogP) is 0.876. The first-order chi connectivity index (χ1) is 20.2. The molecule has 0 aliphatic heterocycles. The Morgan fingerprint density at radius 2 is 1.72 bits per heavy atom. The Kier molecular flexibility index (Phi) is 7.97. The number of primary amides is 1. The lowest BCUT2D eigenvalue weighted by molar-refractivity contribution is -0.181. The number of phenols is 1. The Bertz CT molecular complexity index is 1540. The number of hydrogen-bond acceptors (Lipinski definition) is 10. The van der Waals surface area contributed by atoms with E-state index in [2.05, 4.69) is 5.32 Å². The Morgan fingerprint density at radius 3 is 2.30 bits per heavy atom. The van der Waals surface area contributed by atoms with Crippen LogP contribution in [0.3, 0.4) is 0 Å². The van der Waals surface area contributed by atoms with Crippen LogP contribution < -0.4 is 16.0 Å². The maximum atomic E-state index is 14.1. The molecule has 0 bridgehead atoms. The van der Waals surface area contributed by atoms with Gasteiger partial charge in [-0.15, -0.1) is 0 Å². The average molecular weight is 611 g/mol. The Balaban J connectivity index is 1.54. The number of aromatic hydroxyl groups is 1. The number of Topliss-reactive ketones (excluding diaryl/α,β-unsaturated/α-hetero) is 4. The van der Waals surface area contributed by atoms with Gasteiger partial charge in [0.2, 0.25) is 5.91 Å². The third-order valence-electron chi connectivity index (χ3n) is 9.16. The van der Waals surface area contributed by atoms with Gasteiger partial charge in [0, 0.05) is 49.4 Å². The van der Waals surface area contributed by atoms with E-state index in [9.17, 15) is 34.2 Å². The highest BCUT2D eigenvalue weighted by molar-refractivity contribution is 6.32.